The second-order valence-electron chi connectivity index (χ2n) is 7.12. The van der Waals surface area contributed by atoms with Gasteiger partial charge in [-0.05, 0) is 45.2 Å². The van der Waals surface area contributed by atoms with Crippen LogP contribution < -0.4 is 20.9 Å². The number of anilines is 1. The average molecular weight is 396 g/mol. The lowest BCUT2D eigenvalue weighted by Gasteiger charge is -2.27. The van der Waals surface area contributed by atoms with E-state index in [1.807, 2.05) is 26.0 Å². The number of nitrogens with zero attached hydrogens (tertiary/aromatic N) is 1. The number of benzene rings is 1. The molecule has 1 saturated heterocycles. The van der Waals surface area contributed by atoms with Crippen LogP contribution in [0.2, 0.25) is 0 Å². The Balaban J connectivity index is 1.71. The SMILES string of the molecule is CC(C)(CCC/C=C/N1CC(=O)NC1=O)NNc1cccc(OCC(F)F)c1. The molecule has 1 heterocycles. The smallest absolute Gasteiger partial charge is 0.328 e. The Labute approximate surface area is 163 Å². The van der Waals surface area contributed by atoms with Gasteiger partial charge in [0.15, 0.2) is 0 Å². The van der Waals surface area contributed by atoms with Gasteiger partial charge in [0, 0.05) is 17.8 Å². The second-order valence-corrected chi connectivity index (χ2v) is 7.12. The Morgan fingerprint density at radius 3 is 2.82 bits per heavy atom. The predicted molar refractivity (Wildman–Crippen MR) is 102 cm³/mol. The summed E-state index contributed by atoms with van der Waals surface area (Å²) in [6.45, 7) is 3.50. The number of nitrogens with one attached hydrogen (secondary N) is 3. The fourth-order valence-corrected chi connectivity index (χ4v) is 2.57. The van der Waals surface area contributed by atoms with Crippen molar-refractivity contribution in [3.05, 3.63) is 36.5 Å². The predicted octanol–water partition coefficient (Wildman–Crippen LogP) is 3.26. The van der Waals surface area contributed by atoms with E-state index in [9.17, 15) is 18.4 Å². The minimum Gasteiger partial charge on any atom is -0.488 e. The van der Waals surface area contributed by atoms with E-state index in [-0.39, 0.29) is 18.0 Å². The van der Waals surface area contributed by atoms with Gasteiger partial charge >= 0.3 is 6.03 Å². The molecule has 7 nitrogen and oxygen atoms in total. The van der Waals surface area contributed by atoms with E-state index in [4.69, 9.17) is 4.74 Å². The van der Waals surface area contributed by atoms with Crippen LogP contribution in [0, 0.1) is 0 Å². The topological polar surface area (TPSA) is 82.7 Å². The van der Waals surface area contributed by atoms with Crippen LogP contribution in [0.3, 0.4) is 0 Å². The first-order valence-corrected chi connectivity index (χ1v) is 9.06. The minimum atomic E-state index is -2.51. The summed E-state index contributed by atoms with van der Waals surface area (Å²) < 4.78 is 29.5. The van der Waals surface area contributed by atoms with Crippen LogP contribution in [0.4, 0.5) is 19.3 Å². The van der Waals surface area contributed by atoms with Gasteiger partial charge in [-0.3, -0.25) is 15.0 Å². The second kappa shape index (κ2) is 10.0. The molecule has 1 aliphatic heterocycles. The number of halogens is 2. The number of hydrogen-bond donors (Lipinski definition) is 3. The van der Waals surface area contributed by atoms with Crippen LogP contribution in [0.5, 0.6) is 5.75 Å². The summed E-state index contributed by atoms with van der Waals surface area (Å²) in [4.78, 5) is 23.8. The Morgan fingerprint density at radius 2 is 2.14 bits per heavy atom. The lowest BCUT2D eigenvalue weighted by atomic mass is 9.98. The molecule has 0 aromatic heterocycles. The van der Waals surface area contributed by atoms with Gasteiger partial charge in [0.1, 0.15) is 18.9 Å². The monoisotopic (exact) mass is 396 g/mol. The van der Waals surface area contributed by atoms with Gasteiger partial charge in [0.05, 0.1) is 5.69 Å². The molecule has 154 valence electrons. The Hall–Kier alpha value is -2.68. The van der Waals surface area contributed by atoms with Crippen molar-refractivity contribution < 1.29 is 23.1 Å². The number of hydrazine groups is 1. The third kappa shape index (κ3) is 7.51. The van der Waals surface area contributed by atoms with Crippen LogP contribution >= 0.6 is 0 Å². The van der Waals surface area contributed by atoms with Gasteiger partial charge in [0.2, 0.25) is 5.91 Å². The van der Waals surface area contributed by atoms with E-state index in [1.165, 1.54) is 4.90 Å². The van der Waals surface area contributed by atoms with Crippen molar-refractivity contribution in [3.63, 3.8) is 0 Å². The van der Waals surface area contributed by atoms with Crippen molar-refractivity contribution in [3.8, 4) is 5.75 Å². The molecule has 0 aliphatic carbocycles. The first-order chi connectivity index (χ1) is 13.2. The molecule has 0 bridgehead atoms. The molecule has 0 saturated carbocycles. The quantitative estimate of drug-likeness (QED) is 0.304. The molecule has 0 radical (unpaired) electrons. The number of rotatable bonds is 11. The summed E-state index contributed by atoms with van der Waals surface area (Å²) in [6, 6.07) is 6.41. The van der Waals surface area contributed by atoms with Gasteiger partial charge in [-0.1, -0.05) is 12.1 Å². The van der Waals surface area contributed by atoms with Crippen molar-refractivity contribution in [2.45, 2.75) is 45.1 Å². The summed E-state index contributed by atoms with van der Waals surface area (Å²) in [7, 11) is 0. The molecular formula is C19H26F2N4O3. The standard InChI is InChI=1S/C19H26F2N4O3/c1-19(2,9-4-3-5-10-25-12-17(26)22-18(25)27)24-23-14-7-6-8-15(11-14)28-13-16(20)21/h5-8,10-11,16,23-24H,3-4,9,12-13H2,1-2H3,(H,22,26,27)/b10-5+. The molecule has 3 N–H and O–H groups in total. The lowest BCUT2D eigenvalue weighted by molar-refractivity contribution is -0.118. The third-order valence-corrected chi connectivity index (χ3v) is 4.03. The third-order valence-electron chi connectivity index (χ3n) is 4.03. The van der Waals surface area contributed by atoms with Gasteiger partial charge in [0.25, 0.3) is 6.43 Å². The van der Waals surface area contributed by atoms with E-state index in [0.29, 0.717) is 11.4 Å². The first-order valence-electron chi connectivity index (χ1n) is 9.06. The zero-order chi connectivity index (χ0) is 20.6. The van der Waals surface area contributed by atoms with Crippen LogP contribution in [0.15, 0.2) is 36.5 Å². The normalized spacial score (nSPS) is 14.8. The molecular weight excluding hydrogens is 370 g/mol. The molecule has 1 aromatic rings. The summed E-state index contributed by atoms with van der Waals surface area (Å²) in [6.07, 6.45) is 3.47. The maximum atomic E-state index is 12.2. The molecule has 1 aliphatic rings. The number of ether oxygens (including phenoxy) is 1. The highest BCUT2D eigenvalue weighted by atomic mass is 19.3. The fourth-order valence-electron chi connectivity index (χ4n) is 2.57. The number of alkyl halides is 2. The molecule has 0 atom stereocenters. The van der Waals surface area contributed by atoms with Crippen LogP contribution in [-0.4, -0.2) is 42.0 Å². The molecule has 1 aromatic carbocycles. The molecule has 1 fully saturated rings. The largest absolute Gasteiger partial charge is 0.488 e. The number of amides is 3. The average Bonchev–Trinajstić information content (AvgIpc) is 2.96. The number of imide groups is 1. The van der Waals surface area contributed by atoms with Gasteiger partial charge in [-0.15, -0.1) is 0 Å². The van der Waals surface area contributed by atoms with Crippen molar-refractivity contribution >= 4 is 17.6 Å². The molecule has 28 heavy (non-hydrogen) atoms. The zero-order valence-electron chi connectivity index (χ0n) is 16.0. The van der Waals surface area contributed by atoms with Crippen molar-refractivity contribution in [2.24, 2.45) is 0 Å². The highest BCUT2D eigenvalue weighted by Gasteiger charge is 2.24. The number of urea groups is 1. The van der Waals surface area contributed by atoms with Crippen LogP contribution in [0.1, 0.15) is 33.1 Å². The lowest BCUT2D eigenvalue weighted by Crippen LogP contribution is -2.42. The van der Waals surface area contributed by atoms with Crippen LogP contribution in [0.25, 0.3) is 0 Å². The minimum absolute atomic E-state index is 0.0619. The summed E-state index contributed by atoms with van der Waals surface area (Å²) in [5, 5.41) is 2.21. The maximum absolute atomic E-state index is 12.2. The summed E-state index contributed by atoms with van der Waals surface area (Å²) in [5.41, 5.74) is 6.78. The van der Waals surface area contributed by atoms with Gasteiger partial charge < -0.3 is 10.2 Å². The molecule has 9 heteroatoms. The molecule has 2 rings (SSSR count). The first kappa shape index (κ1) is 21.6. The Morgan fingerprint density at radius 1 is 1.36 bits per heavy atom. The number of carbonyl (C=O) groups excluding carboxylic acids is 2. The molecule has 3 amide bonds. The van der Waals surface area contributed by atoms with Gasteiger partial charge in [-0.2, -0.15) is 0 Å². The zero-order valence-corrected chi connectivity index (χ0v) is 16.0. The summed E-state index contributed by atoms with van der Waals surface area (Å²) in [5.74, 6) is 0.0780. The van der Waals surface area contributed by atoms with E-state index in [1.54, 1.807) is 24.4 Å². The number of carbonyl (C=O) groups is 2. The maximum Gasteiger partial charge on any atom is 0.328 e. The number of unbranched alkanes of at least 4 members (excludes halogenated alkanes) is 1. The van der Waals surface area contributed by atoms with Gasteiger partial charge in [-0.25, -0.2) is 19.0 Å². The number of allylic oxidation sites excluding steroid dienone is 1. The fraction of sp³-hybridized carbons (Fsp3) is 0.474. The van der Waals surface area contributed by atoms with E-state index in [0.717, 1.165) is 19.3 Å². The highest BCUT2D eigenvalue weighted by Crippen LogP contribution is 2.19. The summed E-state index contributed by atoms with van der Waals surface area (Å²) >= 11 is 0. The van der Waals surface area contributed by atoms with E-state index in [2.05, 4.69) is 16.2 Å². The van der Waals surface area contributed by atoms with Crippen LogP contribution in [-0.2, 0) is 4.79 Å². The number of hydrogen-bond acceptors (Lipinski definition) is 5. The Bertz CT molecular complexity index is 710. The highest BCUT2D eigenvalue weighted by molar-refractivity contribution is 6.02. The Kier molecular flexibility index (Phi) is 7.74. The van der Waals surface area contributed by atoms with E-state index < -0.39 is 19.1 Å². The molecule has 0 unspecified atom stereocenters. The van der Waals surface area contributed by atoms with Crippen molar-refractivity contribution in [2.75, 3.05) is 18.6 Å². The van der Waals surface area contributed by atoms with Crippen molar-refractivity contribution in [1.82, 2.24) is 15.6 Å². The molecule has 0 spiro atoms. The van der Waals surface area contributed by atoms with E-state index >= 15 is 0 Å². The van der Waals surface area contributed by atoms with Crippen molar-refractivity contribution in [1.29, 1.82) is 0 Å².